The first-order valence-electron chi connectivity index (χ1n) is 10.7. The Morgan fingerprint density at radius 2 is 1.68 bits per heavy atom. The van der Waals surface area contributed by atoms with Gasteiger partial charge in [-0.25, -0.2) is 0 Å². The van der Waals surface area contributed by atoms with Crippen LogP contribution in [0.4, 0.5) is 0 Å². The van der Waals surface area contributed by atoms with Gasteiger partial charge in [-0.3, -0.25) is 9.59 Å². The van der Waals surface area contributed by atoms with Crippen molar-refractivity contribution in [3.63, 3.8) is 0 Å². The second-order valence-corrected chi connectivity index (χ2v) is 7.93. The smallest absolute Gasteiger partial charge is 0.295 e. The zero-order valence-electron chi connectivity index (χ0n) is 18.6. The minimum atomic E-state index is -0.712. The van der Waals surface area contributed by atoms with Crippen LogP contribution in [0.5, 0.6) is 5.75 Å². The van der Waals surface area contributed by atoms with E-state index in [1.54, 1.807) is 12.1 Å². The van der Waals surface area contributed by atoms with Gasteiger partial charge in [-0.15, -0.1) is 0 Å². The summed E-state index contributed by atoms with van der Waals surface area (Å²) in [5, 5.41) is 20.9. The molecular formula is C25H30N2O4. The van der Waals surface area contributed by atoms with E-state index in [9.17, 15) is 19.8 Å². The number of aromatic hydroxyl groups is 1. The Morgan fingerprint density at radius 3 is 2.29 bits per heavy atom. The molecule has 0 bridgehead atoms. The van der Waals surface area contributed by atoms with Gasteiger partial charge < -0.3 is 20.0 Å². The molecule has 1 fully saturated rings. The lowest BCUT2D eigenvalue weighted by molar-refractivity contribution is -0.140. The third-order valence-corrected chi connectivity index (χ3v) is 5.95. The Hall–Kier alpha value is -3.12. The fraction of sp³-hybridized carbons (Fsp3) is 0.360. The van der Waals surface area contributed by atoms with Crippen molar-refractivity contribution in [2.45, 2.75) is 33.7 Å². The van der Waals surface area contributed by atoms with Crippen molar-refractivity contribution < 1.29 is 19.8 Å². The number of carbonyl (C=O) groups excluding carboxylic acids is 2. The standard InChI is InChI=1S/C25H30N2O4/c1-5-26(6-2)13-14-27-22(18-9-11-19(28)12-10-18)21(24(30)25(27)31)23(29)20-15-16(3)7-8-17(20)4/h7-12,15,22,28-29H,5-6,13-14H2,1-4H3. The van der Waals surface area contributed by atoms with Gasteiger partial charge in [0.25, 0.3) is 11.7 Å². The molecule has 0 saturated carbocycles. The molecule has 31 heavy (non-hydrogen) atoms. The van der Waals surface area contributed by atoms with Gasteiger partial charge in [0, 0.05) is 18.7 Å². The number of aliphatic hydroxyl groups is 1. The first kappa shape index (κ1) is 22.6. The number of amides is 1. The number of benzene rings is 2. The van der Waals surface area contributed by atoms with Crippen LogP contribution in [0.25, 0.3) is 5.76 Å². The van der Waals surface area contributed by atoms with Gasteiger partial charge in [-0.05, 0) is 56.3 Å². The van der Waals surface area contributed by atoms with Crippen LogP contribution in [-0.2, 0) is 9.59 Å². The number of likely N-dealkylation sites (tertiary alicyclic amines) is 1. The second kappa shape index (κ2) is 9.35. The maximum atomic E-state index is 13.1. The van der Waals surface area contributed by atoms with Gasteiger partial charge in [0.05, 0.1) is 11.6 Å². The van der Waals surface area contributed by atoms with E-state index in [0.29, 0.717) is 24.2 Å². The zero-order chi connectivity index (χ0) is 22.7. The highest BCUT2D eigenvalue weighted by atomic mass is 16.3. The molecule has 1 saturated heterocycles. The van der Waals surface area contributed by atoms with E-state index in [0.717, 1.165) is 24.2 Å². The molecule has 1 heterocycles. The van der Waals surface area contributed by atoms with Crippen LogP contribution in [0.1, 0.15) is 42.1 Å². The van der Waals surface area contributed by atoms with Crippen molar-refractivity contribution in [2.24, 2.45) is 0 Å². The predicted octanol–water partition coefficient (Wildman–Crippen LogP) is 3.77. The molecule has 6 nitrogen and oxygen atoms in total. The molecule has 164 valence electrons. The van der Waals surface area contributed by atoms with Crippen molar-refractivity contribution in [1.82, 2.24) is 9.80 Å². The Bertz CT molecular complexity index is 1010. The maximum absolute atomic E-state index is 13.1. The number of phenols is 1. The van der Waals surface area contributed by atoms with Crippen molar-refractivity contribution >= 4 is 17.4 Å². The van der Waals surface area contributed by atoms with Gasteiger partial charge in [-0.1, -0.05) is 43.7 Å². The summed E-state index contributed by atoms with van der Waals surface area (Å²) >= 11 is 0. The van der Waals surface area contributed by atoms with Crippen molar-refractivity contribution in [3.8, 4) is 5.75 Å². The summed E-state index contributed by atoms with van der Waals surface area (Å²) in [7, 11) is 0. The van der Waals surface area contributed by atoms with Crippen LogP contribution in [0.2, 0.25) is 0 Å². The number of phenolic OH excluding ortho intramolecular Hbond substituents is 1. The normalized spacial score (nSPS) is 18.2. The highest BCUT2D eigenvalue weighted by Gasteiger charge is 2.46. The number of aliphatic hydroxyl groups excluding tert-OH is 1. The van der Waals surface area contributed by atoms with E-state index in [4.69, 9.17) is 0 Å². The average molecular weight is 423 g/mol. The number of ketones is 1. The van der Waals surface area contributed by atoms with E-state index in [2.05, 4.69) is 18.7 Å². The molecule has 2 N–H and O–H groups in total. The van der Waals surface area contributed by atoms with E-state index < -0.39 is 17.7 Å². The number of Topliss-reactive ketones (excluding diaryl/α,β-unsaturated/α-hetero) is 1. The molecule has 3 rings (SSSR count). The fourth-order valence-corrected chi connectivity index (χ4v) is 4.04. The Morgan fingerprint density at radius 1 is 1.03 bits per heavy atom. The molecule has 0 spiro atoms. The summed E-state index contributed by atoms with van der Waals surface area (Å²) in [5.41, 5.74) is 3.07. The second-order valence-electron chi connectivity index (χ2n) is 7.93. The lowest BCUT2D eigenvalue weighted by Crippen LogP contribution is -2.38. The fourth-order valence-electron chi connectivity index (χ4n) is 4.04. The monoisotopic (exact) mass is 422 g/mol. The molecule has 1 aliphatic rings. The summed E-state index contributed by atoms with van der Waals surface area (Å²) in [4.78, 5) is 29.8. The lowest BCUT2D eigenvalue weighted by Gasteiger charge is -2.28. The highest BCUT2D eigenvalue weighted by molar-refractivity contribution is 6.46. The third kappa shape index (κ3) is 4.49. The molecule has 0 aromatic heterocycles. The summed E-state index contributed by atoms with van der Waals surface area (Å²) in [6, 6.07) is 11.4. The minimum Gasteiger partial charge on any atom is -0.508 e. The highest BCUT2D eigenvalue weighted by Crippen LogP contribution is 2.40. The molecule has 1 unspecified atom stereocenters. The molecule has 2 aromatic rings. The van der Waals surface area contributed by atoms with Crippen LogP contribution in [0.3, 0.4) is 0 Å². The number of hydrogen-bond donors (Lipinski definition) is 2. The number of hydrogen-bond acceptors (Lipinski definition) is 5. The Balaban J connectivity index is 2.13. The molecule has 2 aromatic carbocycles. The topological polar surface area (TPSA) is 81.1 Å². The maximum Gasteiger partial charge on any atom is 0.295 e. The summed E-state index contributed by atoms with van der Waals surface area (Å²) in [5.74, 6) is -1.37. The minimum absolute atomic E-state index is 0.0870. The largest absolute Gasteiger partial charge is 0.508 e. The van der Waals surface area contributed by atoms with E-state index in [-0.39, 0.29) is 17.1 Å². The summed E-state index contributed by atoms with van der Waals surface area (Å²) in [6.07, 6.45) is 0. The van der Waals surface area contributed by atoms with Gasteiger partial charge in [0.2, 0.25) is 0 Å². The molecule has 6 heteroatoms. The van der Waals surface area contributed by atoms with Crippen LogP contribution < -0.4 is 0 Å². The number of nitrogens with zero attached hydrogens (tertiary/aromatic N) is 2. The number of aryl methyl sites for hydroxylation is 2. The van der Waals surface area contributed by atoms with Crippen LogP contribution in [0.15, 0.2) is 48.0 Å². The van der Waals surface area contributed by atoms with Crippen molar-refractivity contribution in [1.29, 1.82) is 0 Å². The first-order chi connectivity index (χ1) is 14.8. The average Bonchev–Trinajstić information content (AvgIpc) is 3.01. The quantitative estimate of drug-likeness (QED) is 0.403. The van der Waals surface area contributed by atoms with E-state index in [1.165, 1.54) is 17.0 Å². The van der Waals surface area contributed by atoms with Gasteiger partial charge in [-0.2, -0.15) is 0 Å². The molecule has 1 aliphatic heterocycles. The Kier molecular flexibility index (Phi) is 6.81. The number of likely N-dealkylation sites (N-methyl/N-ethyl adjacent to an activating group) is 1. The van der Waals surface area contributed by atoms with Crippen molar-refractivity contribution in [3.05, 3.63) is 70.3 Å². The third-order valence-electron chi connectivity index (χ3n) is 5.95. The molecule has 0 radical (unpaired) electrons. The van der Waals surface area contributed by atoms with Gasteiger partial charge >= 0.3 is 0 Å². The van der Waals surface area contributed by atoms with E-state index in [1.807, 2.05) is 32.0 Å². The lowest BCUT2D eigenvalue weighted by atomic mass is 9.93. The van der Waals surface area contributed by atoms with Crippen molar-refractivity contribution in [2.75, 3.05) is 26.2 Å². The van der Waals surface area contributed by atoms with E-state index >= 15 is 0 Å². The Labute approximate surface area is 183 Å². The molecule has 1 atom stereocenters. The van der Waals surface area contributed by atoms with Gasteiger partial charge in [0.1, 0.15) is 11.5 Å². The number of rotatable bonds is 7. The van der Waals surface area contributed by atoms with Crippen LogP contribution >= 0.6 is 0 Å². The molecule has 1 amide bonds. The SMILES string of the molecule is CCN(CC)CCN1C(=O)C(=O)C(=C(O)c2cc(C)ccc2C)C1c1ccc(O)cc1. The molecule has 0 aliphatic carbocycles. The summed E-state index contributed by atoms with van der Waals surface area (Å²) in [6.45, 7) is 10.5. The predicted molar refractivity (Wildman–Crippen MR) is 121 cm³/mol. The van der Waals surface area contributed by atoms with Crippen LogP contribution in [0, 0.1) is 13.8 Å². The first-order valence-corrected chi connectivity index (χ1v) is 10.7. The van der Waals surface area contributed by atoms with Gasteiger partial charge in [0.15, 0.2) is 0 Å². The van der Waals surface area contributed by atoms with Crippen LogP contribution in [-0.4, -0.2) is 57.9 Å². The zero-order valence-corrected chi connectivity index (χ0v) is 18.6. The molecular weight excluding hydrogens is 392 g/mol. The summed E-state index contributed by atoms with van der Waals surface area (Å²) < 4.78 is 0. The number of carbonyl (C=O) groups is 2.